The molecule has 27 heavy (non-hydrogen) atoms. The number of carbonyl (C=O) groups is 1. The van der Waals surface area contributed by atoms with E-state index in [2.05, 4.69) is 10.3 Å². The number of thiophene rings is 2. The van der Waals surface area contributed by atoms with E-state index >= 15 is 0 Å². The zero-order valence-corrected chi connectivity index (χ0v) is 17.0. The van der Waals surface area contributed by atoms with Crippen LogP contribution in [-0.2, 0) is 24.7 Å². The van der Waals surface area contributed by atoms with Crippen LogP contribution < -0.4 is 10.9 Å². The summed E-state index contributed by atoms with van der Waals surface area (Å²) in [5, 5.41) is 15.4. The number of aromatic nitrogens is 2. The summed E-state index contributed by atoms with van der Waals surface area (Å²) in [6.07, 6.45) is 4.25. The molecule has 0 aliphatic heterocycles. The highest BCUT2D eigenvalue weighted by Gasteiger charge is 2.21. The topological polar surface area (TPSA) is 87.8 Å². The van der Waals surface area contributed by atoms with Crippen LogP contribution in [0, 0.1) is 11.3 Å². The zero-order chi connectivity index (χ0) is 19.0. The van der Waals surface area contributed by atoms with Crippen LogP contribution in [0.2, 0.25) is 0 Å². The fourth-order valence-corrected chi connectivity index (χ4v) is 6.01. The molecular weight excluding hydrogens is 400 g/mol. The van der Waals surface area contributed by atoms with E-state index in [1.165, 1.54) is 38.1 Å². The number of hydrogen-bond acceptors (Lipinski definition) is 7. The molecule has 1 amide bonds. The Labute approximate surface area is 167 Å². The van der Waals surface area contributed by atoms with Gasteiger partial charge in [-0.25, -0.2) is 4.98 Å². The summed E-state index contributed by atoms with van der Waals surface area (Å²) in [6.45, 7) is 0. The van der Waals surface area contributed by atoms with Crippen LogP contribution in [-0.4, -0.2) is 21.2 Å². The summed E-state index contributed by atoms with van der Waals surface area (Å²) < 4.78 is 1.54. The zero-order valence-electron chi connectivity index (χ0n) is 14.6. The lowest BCUT2D eigenvalue weighted by Crippen LogP contribution is -2.21. The molecule has 0 saturated heterocycles. The number of hydrogen-bond donors (Lipinski definition) is 1. The van der Waals surface area contributed by atoms with Crippen molar-refractivity contribution in [3.63, 3.8) is 0 Å². The minimum atomic E-state index is -0.223. The van der Waals surface area contributed by atoms with Gasteiger partial charge in [0.05, 0.1) is 16.7 Å². The predicted octanol–water partition coefficient (Wildman–Crippen LogP) is 3.54. The molecule has 4 rings (SSSR count). The second-order valence-corrected chi connectivity index (χ2v) is 9.20. The van der Waals surface area contributed by atoms with Gasteiger partial charge in [-0.2, -0.15) is 5.26 Å². The van der Waals surface area contributed by atoms with Crippen LogP contribution in [0.3, 0.4) is 0 Å². The molecule has 6 nitrogen and oxygen atoms in total. The molecular formula is C18H16N4O2S3. The van der Waals surface area contributed by atoms with Gasteiger partial charge in [0.25, 0.3) is 5.56 Å². The van der Waals surface area contributed by atoms with Crippen LogP contribution in [0.15, 0.2) is 21.4 Å². The second-order valence-electron chi connectivity index (χ2n) is 6.26. The van der Waals surface area contributed by atoms with Crippen LogP contribution in [0.25, 0.3) is 10.2 Å². The maximum Gasteiger partial charge on any atom is 0.262 e. The van der Waals surface area contributed by atoms with Gasteiger partial charge < -0.3 is 5.32 Å². The highest BCUT2D eigenvalue weighted by Crippen LogP contribution is 2.34. The molecule has 0 atom stereocenters. The van der Waals surface area contributed by atoms with E-state index in [0.29, 0.717) is 15.7 Å². The Balaban J connectivity index is 1.56. The summed E-state index contributed by atoms with van der Waals surface area (Å²) in [5.74, 6) is -0.0987. The maximum atomic E-state index is 12.8. The largest absolute Gasteiger partial charge is 0.316 e. The van der Waals surface area contributed by atoms with Gasteiger partial charge in [0.15, 0.2) is 5.16 Å². The molecule has 3 aromatic rings. The highest BCUT2D eigenvalue weighted by atomic mass is 32.2. The molecule has 0 fully saturated rings. The fourth-order valence-electron chi connectivity index (χ4n) is 3.18. The van der Waals surface area contributed by atoms with Gasteiger partial charge >= 0.3 is 0 Å². The number of carbonyl (C=O) groups excluding carboxylic acids is 1. The molecule has 0 aromatic carbocycles. The van der Waals surface area contributed by atoms with Crippen molar-refractivity contribution in [3.05, 3.63) is 37.8 Å². The van der Waals surface area contributed by atoms with Gasteiger partial charge in [-0.1, -0.05) is 11.8 Å². The van der Waals surface area contributed by atoms with Crippen molar-refractivity contribution in [3.8, 4) is 6.07 Å². The quantitative estimate of drug-likeness (QED) is 0.519. The first kappa shape index (κ1) is 18.2. The number of nitrogens with zero attached hydrogens (tertiary/aromatic N) is 3. The van der Waals surface area contributed by atoms with Gasteiger partial charge in [0, 0.05) is 11.9 Å². The SMILES string of the molecule is Cn1c(SCC(=O)Nc2sccc2C#N)nc2sc3c(c2c1=O)CCCC3. The number of nitrogens with one attached hydrogen (secondary N) is 1. The van der Waals surface area contributed by atoms with Crippen molar-refractivity contribution < 1.29 is 4.79 Å². The average molecular weight is 417 g/mol. The van der Waals surface area contributed by atoms with E-state index in [4.69, 9.17) is 5.26 Å². The standard InChI is InChI=1S/C18H16N4O2S3/c1-22-17(24)14-11-4-2-3-5-12(11)27-16(14)21-18(22)26-9-13(23)20-15-10(8-19)6-7-25-15/h6-7H,2-5,9H2,1H3,(H,20,23). The molecule has 0 bridgehead atoms. The Hall–Kier alpha value is -2.15. The van der Waals surface area contributed by atoms with Gasteiger partial charge in [-0.15, -0.1) is 22.7 Å². The molecule has 138 valence electrons. The first-order chi connectivity index (χ1) is 13.1. The van der Waals surface area contributed by atoms with Crippen molar-refractivity contribution in [2.45, 2.75) is 30.8 Å². The Bertz CT molecular complexity index is 1140. The van der Waals surface area contributed by atoms with Gasteiger partial charge in [-0.3, -0.25) is 14.2 Å². The maximum absolute atomic E-state index is 12.8. The summed E-state index contributed by atoms with van der Waals surface area (Å²) in [4.78, 5) is 31.8. The second kappa shape index (κ2) is 7.46. The Morgan fingerprint density at radius 3 is 3.07 bits per heavy atom. The molecule has 1 aliphatic carbocycles. The Kier molecular flexibility index (Phi) is 5.04. The minimum absolute atomic E-state index is 0.0349. The molecule has 1 aliphatic rings. The Morgan fingerprint density at radius 2 is 2.26 bits per heavy atom. The monoisotopic (exact) mass is 416 g/mol. The van der Waals surface area contributed by atoms with Crippen molar-refractivity contribution in [2.24, 2.45) is 7.05 Å². The lowest BCUT2D eigenvalue weighted by atomic mass is 9.97. The number of fused-ring (bicyclic) bond motifs is 3. The molecule has 0 unspecified atom stereocenters. The van der Waals surface area contributed by atoms with E-state index in [1.54, 1.807) is 29.8 Å². The number of anilines is 1. The number of aryl methyl sites for hydroxylation is 2. The van der Waals surface area contributed by atoms with Gasteiger partial charge in [0.1, 0.15) is 15.9 Å². The van der Waals surface area contributed by atoms with Crippen LogP contribution in [0.4, 0.5) is 5.00 Å². The molecule has 1 N–H and O–H groups in total. The normalized spacial score (nSPS) is 13.3. The molecule has 3 aromatic heterocycles. The lowest BCUT2D eigenvalue weighted by Gasteiger charge is -2.10. The molecule has 9 heteroatoms. The van der Waals surface area contributed by atoms with Crippen molar-refractivity contribution in [2.75, 3.05) is 11.1 Å². The fraction of sp³-hybridized carbons (Fsp3) is 0.333. The summed E-state index contributed by atoms with van der Waals surface area (Å²) >= 11 is 4.15. The van der Waals surface area contributed by atoms with Crippen LogP contribution >= 0.6 is 34.4 Å². The number of nitriles is 1. The molecule has 0 spiro atoms. The predicted molar refractivity (Wildman–Crippen MR) is 110 cm³/mol. The van der Waals surface area contributed by atoms with E-state index in [9.17, 15) is 9.59 Å². The van der Waals surface area contributed by atoms with Crippen LogP contribution in [0.5, 0.6) is 0 Å². The average Bonchev–Trinajstić information content (AvgIpc) is 3.27. The minimum Gasteiger partial charge on any atom is -0.316 e. The Morgan fingerprint density at radius 1 is 1.44 bits per heavy atom. The smallest absolute Gasteiger partial charge is 0.262 e. The summed E-state index contributed by atoms with van der Waals surface area (Å²) in [6, 6.07) is 3.72. The lowest BCUT2D eigenvalue weighted by molar-refractivity contribution is -0.113. The van der Waals surface area contributed by atoms with Crippen molar-refractivity contribution in [1.29, 1.82) is 5.26 Å². The van der Waals surface area contributed by atoms with E-state index in [0.717, 1.165) is 35.9 Å². The molecule has 3 heterocycles. The van der Waals surface area contributed by atoms with Crippen molar-refractivity contribution in [1.82, 2.24) is 9.55 Å². The van der Waals surface area contributed by atoms with Crippen LogP contribution in [0.1, 0.15) is 28.8 Å². The third-order valence-corrected chi connectivity index (χ3v) is 7.57. The van der Waals surface area contributed by atoms with Crippen molar-refractivity contribution >= 4 is 55.6 Å². The van der Waals surface area contributed by atoms with E-state index < -0.39 is 0 Å². The molecule has 0 saturated carbocycles. The number of rotatable bonds is 4. The third kappa shape index (κ3) is 3.40. The first-order valence-corrected chi connectivity index (χ1v) is 11.2. The highest BCUT2D eigenvalue weighted by molar-refractivity contribution is 7.99. The molecule has 0 radical (unpaired) electrons. The first-order valence-electron chi connectivity index (χ1n) is 8.50. The van der Waals surface area contributed by atoms with E-state index in [1.807, 2.05) is 6.07 Å². The van der Waals surface area contributed by atoms with Gasteiger partial charge in [-0.05, 0) is 42.7 Å². The number of thioether (sulfide) groups is 1. The summed E-state index contributed by atoms with van der Waals surface area (Å²) in [7, 11) is 1.70. The number of amides is 1. The van der Waals surface area contributed by atoms with Gasteiger partial charge in [0.2, 0.25) is 5.91 Å². The summed E-state index contributed by atoms with van der Waals surface area (Å²) in [5.41, 5.74) is 1.59. The third-order valence-electron chi connectivity index (χ3n) is 4.53. The van der Waals surface area contributed by atoms with E-state index in [-0.39, 0.29) is 17.2 Å².